The van der Waals surface area contributed by atoms with E-state index in [0.29, 0.717) is 0 Å². The van der Waals surface area contributed by atoms with E-state index in [1.165, 1.54) is 0 Å². The highest BCUT2D eigenvalue weighted by molar-refractivity contribution is 6.02. The van der Waals surface area contributed by atoms with Crippen molar-refractivity contribution < 1.29 is 33.4 Å². The summed E-state index contributed by atoms with van der Waals surface area (Å²) in [6, 6.07) is -1.83. The molecule has 0 aromatic carbocycles. The minimum Gasteiger partial charge on any atom is -0.437 e. The smallest absolute Gasteiger partial charge is 0.329 e. The van der Waals surface area contributed by atoms with Crippen LogP contribution < -0.4 is 5.32 Å². The molecule has 0 aromatic rings. The van der Waals surface area contributed by atoms with Gasteiger partial charge in [0.1, 0.15) is 6.23 Å². The molecule has 0 bridgehead atoms. The molecule has 3 unspecified atom stereocenters. The van der Waals surface area contributed by atoms with Crippen LogP contribution in [0.3, 0.4) is 0 Å². The summed E-state index contributed by atoms with van der Waals surface area (Å²) in [7, 11) is 0. The number of carbonyl (C=O) groups is 3. The van der Waals surface area contributed by atoms with E-state index in [1.54, 1.807) is 0 Å². The molecule has 2 aliphatic rings. The third-order valence-corrected chi connectivity index (χ3v) is 3.79. The number of azide groups is 1. The molecule has 2 saturated heterocycles. The number of nitrogens with zero attached hydrogens (tertiary/aromatic N) is 4. The zero-order valence-corrected chi connectivity index (χ0v) is 12.9. The monoisotopic (exact) mass is 345 g/mol. The molecule has 0 saturated carbocycles. The molecule has 0 spiro atoms. The number of aliphatic hydroxyl groups is 1. The summed E-state index contributed by atoms with van der Waals surface area (Å²) in [6.07, 6.45) is -4.00. The summed E-state index contributed by atoms with van der Waals surface area (Å²) in [5.41, 5.74) is 5.82. The van der Waals surface area contributed by atoms with Gasteiger partial charge in [0.15, 0.2) is 0 Å². The highest BCUT2D eigenvalue weighted by Crippen LogP contribution is 2.34. The Hall–Kier alpha value is -2.43. The van der Waals surface area contributed by atoms with Gasteiger partial charge in [-0.15, -0.1) is 0 Å². The fourth-order valence-corrected chi connectivity index (χ4v) is 2.61. The van der Waals surface area contributed by atoms with Crippen LogP contribution in [0.5, 0.6) is 0 Å². The topological polar surface area (TPSA) is 154 Å². The van der Waals surface area contributed by atoms with Crippen molar-refractivity contribution in [1.29, 1.82) is 0 Å². The summed E-state index contributed by atoms with van der Waals surface area (Å²) < 4.78 is 24.9. The second-order valence-corrected chi connectivity index (χ2v) is 5.52. The minimum atomic E-state index is -2.71. The SMILES string of the molecule is CC(=O)OC1N([C@H]2CC(N=[N+]=[N-])[C@@H](CO)O2)C(=O)NC(=O)C1(C)F. The number of hydrogen-bond acceptors (Lipinski definition) is 7. The molecule has 5 atom stereocenters. The van der Waals surface area contributed by atoms with Gasteiger partial charge in [0.2, 0.25) is 11.9 Å². The van der Waals surface area contributed by atoms with Crippen molar-refractivity contribution >= 4 is 17.9 Å². The Labute approximate surface area is 135 Å². The number of halogens is 1. The van der Waals surface area contributed by atoms with E-state index in [9.17, 15) is 23.9 Å². The van der Waals surface area contributed by atoms with E-state index in [0.717, 1.165) is 18.7 Å². The van der Waals surface area contributed by atoms with E-state index in [-0.39, 0.29) is 6.42 Å². The van der Waals surface area contributed by atoms with Crippen LogP contribution in [0.4, 0.5) is 9.18 Å². The molecule has 3 amide bonds. The number of esters is 1. The van der Waals surface area contributed by atoms with E-state index in [2.05, 4.69) is 10.0 Å². The number of amides is 3. The predicted octanol–water partition coefficient (Wildman–Crippen LogP) is -0.0582. The maximum Gasteiger partial charge on any atom is 0.329 e. The van der Waals surface area contributed by atoms with Crippen molar-refractivity contribution in [2.75, 3.05) is 6.61 Å². The molecule has 0 aliphatic carbocycles. The zero-order valence-electron chi connectivity index (χ0n) is 12.9. The van der Waals surface area contributed by atoms with Gasteiger partial charge in [-0.05, 0) is 12.5 Å². The Morgan fingerprint density at radius 3 is 2.88 bits per heavy atom. The molecule has 2 fully saturated rings. The number of ether oxygens (including phenoxy) is 2. The van der Waals surface area contributed by atoms with Crippen LogP contribution in [0.2, 0.25) is 0 Å². The lowest BCUT2D eigenvalue weighted by Gasteiger charge is -2.43. The Morgan fingerprint density at radius 1 is 1.67 bits per heavy atom. The second kappa shape index (κ2) is 6.59. The first kappa shape index (κ1) is 17.9. The number of rotatable bonds is 4. The molecule has 2 rings (SSSR count). The third kappa shape index (κ3) is 3.11. The Bertz CT molecular complexity index is 607. The highest BCUT2D eigenvalue weighted by atomic mass is 19.1. The predicted molar refractivity (Wildman–Crippen MR) is 73.7 cm³/mol. The maximum absolute atomic E-state index is 14.7. The largest absolute Gasteiger partial charge is 0.437 e. The van der Waals surface area contributed by atoms with Crippen molar-refractivity contribution in [3.8, 4) is 0 Å². The molecule has 2 heterocycles. The third-order valence-electron chi connectivity index (χ3n) is 3.79. The van der Waals surface area contributed by atoms with Gasteiger partial charge in [0, 0.05) is 18.3 Å². The molecule has 0 radical (unpaired) electrons. The highest BCUT2D eigenvalue weighted by Gasteiger charge is 2.57. The molecule has 24 heavy (non-hydrogen) atoms. The van der Waals surface area contributed by atoms with Crippen molar-refractivity contribution in [1.82, 2.24) is 10.2 Å². The first-order valence-corrected chi connectivity index (χ1v) is 7.02. The van der Waals surface area contributed by atoms with Crippen LogP contribution in [0.15, 0.2) is 5.11 Å². The number of imide groups is 1. The molecule has 2 aliphatic heterocycles. The fraction of sp³-hybridized carbons (Fsp3) is 0.750. The van der Waals surface area contributed by atoms with Crippen LogP contribution in [0, 0.1) is 0 Å². The quantitative estimate of drug-likeness (QED) is 0.315. The normalized spacial score (nSPS) is 36.1. The molecular formula is C12H16FN5O6. The summed E-state index contributed by atoms with van der Waals surface area (Å²) in [5, 5.41) is 14.5. The lowest BCUT2D eigenvalue weighted by Crippen LogP contribution is -2.70. The van der Waals surface area contributed by atoms with E-state index < -0.39 is 54.8 Å². The first-order valence-electron chi connectivity index (χ1n) is 7.02. The van der Waals surface area contributed by atoms with Crippen molar-refractivity contribution in [2.24, 2.45) is 5.11 Å². The Kier molecular flexibility index (Phi) is 4.92. The second-order valence-electron chi connectivity index (χ2n) is 5.52. The van der Waals surface area contributed by atoms with Gasteiger partial charge < -0.3 is 14.6 Å². The number of urea groups is 1. The van der Waals surface area contributed by atoms with Gasteiger partial charge in [0.25, 0.3) is 5.91 Å². The van der Waals surface area contributed by atoms with Crippen molar-refractivity contribution in [2.45, 2.75) is 50.5 Å². The van der Waals surface area contributed by atoms with Crippen molar-refractivity contribution in [3.63, 3.8) is 0 Å². The van der Waals surface area contributed by atoms with E-state index >= 15 is 0 Å². The fourth-order valence-electron chi connectivity index (χ4n) is 2.61. The van der Waals surface area contributed by atoms with Crippen LogP contribution in [0.25, 0.3) is 10.4 Å². The average molecular weight is 345 g/mol. The Balaban J connectivity index is 2.34. The minimum absolute atomic E-state index is 0.0647. The molecule has 12 heteroatoms. The number of aliphatic hydroxyl groups excluding tert-OH is 1. The van der Waals surface area contributed by atoms with Gasteiger partial charge in [-0.25, -0.2) is 9.18 Å². The standard InChI is InChI=1S/C12H16FN5O6/c1-5(20)23-10-12(2,13)9(21)15-11(22)18(10)8-3-6(16-17-14)7(4-19)24-8/h6-8,10,19H,3-4H2,1-2H3,(H,15,21,22)/t6?,7-,8-,10?,12?/m1/s1. The molecule has 2 N–H and O–H groups in total. The van der Waals surface area contributed by atoms with E-state index in [1.807, 2.05) is 5.32 Å². The van der Waals surface area contributed by atoms with Crippen LogP contribution in [-0.2, 0) is 19.1 Å². The van der Waals surface area contributed by atoms with Gasteiger partial charge >= 0.3 is 12.0 Å². The van der Waals surface area contributed by atoms with Gasteiger partial charge in [-0.2, -0.15) is 0 Å². The Morgan fingerprint density at radius 2 is 2.33 bits per heavy atom. The molecule has 0 aromatic heterocycles. The number of hydrogen-bond donors (Lipinski definition) is 2. The van der Waals surface area contributed by atoms with E-state index in [4.69, 9.17) is 15.0 Å². The first-order chi connectivity index (χ1) is 11.2. The maximum atomic E-state index is 14.7. The average Bonchev–Trinajstić information content (AvgIpc) is 2.88. The number of nitrogens with one attached hydrogen (secondary N) is 1. The zero-order chi connectivity index (χ0) is 18.1. The lowest BCUT2D eigenvalue weighted by molar-refractivity contribution is -0.197. The number of carbonyl (C=O) groups excluding carboxylic acids is 3. The summed E-state index contributed by atoms with van der Waals surface area (Å²) in [6.45, 7) is 1.36. The van der Waals surface area contributed by atoms with Gasteiger partial charge in [-0.1, -0.05) is 5.11 Å². The van der Waals surface area contributed by atoms with Crippen LogP contribution in [0.1, 0.15) is 20.3 Å². The summed E-state index contributed by atoms with van der Waals surface area (Å²) >= 11 is 0. The van der Waals surface area contributed by atoms with Crippen LogP contribution in [-0.4, -0.2) is 64.8 Å². The van der Waals surface area contributed by atoms with Crippen molar-refractivity contribution in [3.05, 3.63) is 10.4 Å². The molecule has 11 nitrogen and oxygen atoms in total. The summed E-state index contributed by atoms with van der Waals surface area (Å²) in [5.74, 6) is -2.15. The molecular weight excluding hydrogens is 329 g/mol. The van der Waals surface area contributed by atoms with Gasteiger partial charge in [-0.3, -0.25) is 19.8 Å². The molecule has 132 valence electrons. The van der Waals surface area contributed by atoms with Gasteiger partial charge in [0.05, 0.1) is 18.8 Å². The lowest BCUT2D eigenvalue weighted by atomic mass is 10.0. The summed E-state index contributed by atoms with van der Waals surface area (Å²) in [4.78, 5) is 38.4. The number of alkyl halides is 1. The van der Waals surface area contributed by atoms with Crippen LogP contribution >= 0.6 is 0 Å².